The quantitative estimate of drug-likeness (QED) is 0.823. The van der Waals surface area contributed by atoms with Crippen LogP contribution < -0.4 is 5.43 Å². The molecule has 0 aliphatic rings. The third-order valence-corrected chi connectivity index (χ3v) is 3.58. The van der Waals surface area contributed by atoms with Gasteiger partial charge in [0.05, 0.1) is 28.0 Å². The molecule has 1 aromatic heterocycles. The van der Waals surface area contributed by atoms with Crippen molar-refractivity contribution >= 4 is 35.0 Å². The van der Waals surface area contributed by atoms with E-state index in [9.17, 15) is 9.59 Å². The third kappa shape index (κ3) is 4.06. The minimum atomic E-state index is -0.650. The molecule has 1 N–H and O–H groups in total. The monoisotopic (exact) mass is 354 g/mol. The highest BCUT2D eigenvalue weighted by atomic mass is 35.5. The van der Waals surface area contributed by atoms with E-state index in [0.29, 0.717) is 10.6 Å². The number of amides is 2. The molecule has 1 heterocycles. The van der Waals surface area contributed by atoms with Gasteiger partial charge in [0.25, 0.3) is 11.8 Å². The van der Waals surface area contributed by atoms with Crippen molar-refractivity contribution in [3.05, 3.63) is 58.0 Å². The number of nitrogens with one attached hydrogen (secondary N) is 1. The molecule has 0 unspecified atom stereocenters. The van der Waals surface area contributed by atoms with Crippen molar-refractivity contribution in [2.45, 2.75) is 26.3 Å². The first kappa shape index (κ1) is 17.4. The Bertz CT molecular complexity index is 721. The van der Waals surface area contributed by atoms with Crippen LogP contribution in [-0.2, 0) is 0 Å². The predicted molar refractivity (Wildman–Crippen MR) is 88.6 cm³/mol. The number of carbonyl (C=O) groups excluding carboxylic acids is 2. The van der Waals surface area contributed by atoms with Gasteiger partial charge < -0.3 is 4.42 Å². The van der Waals surface area contributed by atoms with E-state index in [1.165, 1.54) is 35.7 Å². The van der Waals surface area contributed by atoms with E-state index in [1.807, 2.05) is 0 Å². The van der Waals surface area contributed by atoms with E-state index in [0.717, 1.165) is 0 Å². The van der Waals surface area contributed by atoms with Gasteiger partial charge in [0.2, 0.25) is 0 Å². The normalized spacial score (nSPS) is 11.2. The number of halogens is 2. The minimum Gasteiger partial charge on any atom is -0.472 e. The molecular formula is C16H16Cl2N2O3. The van der Waals surface area contributed by atoms with Crippen LogP contribution in [0.5, 0.6) is 0 Å². The molecule has 0 bridgehead atoms. The Labute approximate surface area is 144 Å². The summed E-state index contributed by atoms with van der Waals surface area (Å²) >= 11 is 11.9. The van der Waals surface area contributed by atoms with Crippen molar-refractivity contribution in [1.29, 1.82) is 0 Å². The molecule has 0 saturated carbocycles. The Morgan fingerprint density at radius 3 is 2.39 bits per heavy atom. The van der Waals surface area contributed by atoms with Gasteiger partial charge in [-0.05, 0) is 45.0 Å². The zero-order valence-electron chi connectivity index (χ0n) is 12.9. The van der Waals surface area contributed by atoms with Crippen LogP contribution in [0.1, 0.15) is 41.5 Å². The molecule has 7 heteroatoms. The lowest BCUT2D eigenvalue weighted by Gasteiger charge is -2.35. The van der Waals surface area contributed by atoms with Crippen molar-refractivity contribution in [1.82, 2.24) is 10.4 Å². The molecule has 2 rings (SSSR count). The van der Waals surface area contributed by atoms with Gasteiger partial charge in [0.1, 0.15) is 6.26 Å². The first-order valence-electron chi connectivity index (χ1n) is 6.83. The number of rotatable bonds is 2. The molecule has 0 radical (unpaired) electrons. The average molecular weight is 355 g/mol. The van der Waals surface area contributed by atoms with Crippen LogP contribution in [0.15, 0.2) is 41.2 Å². The summed E-state index contributed by atoms with van der Waals surface area (Å²) in [7, 11) is 0. The summed E-state index contributed by atoms with van der Waals surface area (Å²) in [5, 5.41) is 1.87. The summed E-state index contributed by atoms with van der Waals surface area (Å²) in [5.74, 6) is -0.886. The smallest absolute Gasteiger partial charge is 0.276 e. The lowest BCUT2D eigenvalue weighted by Crippen LogP contribution is -2.55. The fraction of sp³-hybridized carbons (Fsp3) is 0.250. The second-order valence-corrected chi connectivity index (χ2v) is 6.73. The van der Waals surface area contributed by atoms with Crippen LogP contribution in [-0.4, -0.2) is 22.4 Å². The number of hydrazine groups is 1. The zero-order chi connectivity index (χ0) is 17.2. The number of furan rings is 1. The highest BCUT2D eigenvalue weighted by Gasteiger charge is 2.30. The molecule has 1 aromatic carbocycles. The molecule has 2 aromatic rings. The molecule has 122 valence electrons. The number of carbonyl (C=O) groups is 2. The highest BCUT2D eigenvalue weighted by molar-refractivity contribution is 6.36. The Balaban J connectivity index is 2.28. The van der Waals surface area contributed by atoms with Crippen molar-refractivity contribution in [2.75, 3.05) is 0 Å². The standard InChI is InChI=1S/C16H16Cl2N2O3/c1-16(2,3)20(15(22)10-6-7-23-9-10)19-14(21)12-5-4-11(17)8-13(12)18/h4-9H,1-3H3,(H,19,21). The van der Waals surface area contributed by atoms with Gasteiger partial charge in [-0.15, -0.1) is 0 Å². The molecule has 0 fully saturated rings. The molecule has 0 aliphatic heterocycles. The van der Waals surface area contributed by atoms with Crippen molar-refractivity contribution < 1.29 is 14.0 Å². The second-order valence-electron chi connectivity index (χ2n) is 5.89. The van der Waals surface area contributed by atoms with Crippen LogP contribution in [0.4, 0.5) is 0 Å². The van der Waals surface area contributed by atoms with Crippen molar-refractivity contribution in [3.8, 4) is 0 Å². The molecule has 0 spiro atoms. The number of hydrogen-bond donors (Lipinski definition) is 1. The van der Waals surface area contributed by atoms with E-state index in [1.54, 1.807) is 26.8 Å². The van der Waals surface area contributed by atoms with Gasteiger partial charge in [-0.25, -0.2) is 5.01 Å². The molecule has 0 aliphatic carbocycles. The summed E-state index contributed by atoms with van der Waals surface area (Å²) in [5.41, 5.74) is 2.51. The number of benzene rings is 1. The Hall–Kier alpha value is -1.98. The largest absolute Gasteiger partial charge is 0.472 e. The van der Waals surface area contributed by atoms with Gasteiger partial charge in [-0.3, -0.25) is 15.0 Å². The summed E-state index contributed by atoms with van der Waals surface area (Å²) < 4.78 is 4.92. The highest BCUT2D eigenvalue weighted by Crippen LogP contribution is 2.22. The first-order valence-corrected chi connectivity index (χ1v) is 7.58. The van der Waals surface area contributed by atoms with Gasteiger partial charge in [0, 0.05) is 5.02 Å². The van der Waals surface area contributed by atoms with E-state index in [-0.39, 0.29) is 16.5 Å². The van der Waals surface area contributed by atoms with Crippen LogP contribution >= 0.6 is 23.2 Å². The topological polar surface area (TPSA) is 62.6 Å². The lowest BCUT2D eigenvalue weighted by molar-refractivity contribution is 0.0358. The summed E-state index contributed by atoms with van der Waals surface area (Å²) in [6, 6.07) is 6.06. The maximum Gasteiger partial charge on any atom is 0.276 e. The molecular weight excluding hydrogens is 339 g/mol. The minimum absolute atomic E-state index is 0.208. The summed E-state index contributed by atoms with van der Waals surface area (Å²) in [6.07, 6.45) is 2.72. The number of nitrogens with zero attached hydrogens (tertiary/aromatic N) is 1. The maximum atomic E-state index is 12.6. The van der Waals surface area contributed by atoms with Crippen molar-refractivity contribution in [2.24, 2.45) is 0 Å². The van der Waals surface area contributed by atoms with E-state index < -0.39 is 11.4 Å². The predicted octanol–water partition coefficient (Wildman–Crippen LogP) is 4.17. The third-order valence-electron chi connectivity index (χ3n) is 3.03. The molecule has 23 heavy (non-hydrogen) atoms. The molecule has 0 atom stereocenters. The van der Waals surface area contributed by atoms with Crippen LogP contribution in [0, 0.1) is 0 Å². The SMILES string of the molecule is CC(C)(C)N(NC(=O)c1ccc(Cl)cc1Cl)C(=O)c1ccoc1. The Morgan fingerprint density at radius 1 is 1.17 bits per heavy atom. The molecule has 5 nitrogen and oxygen atoms in total. The Morgan fingerprint density at radius 2 is 1.87 bits per heavy atom. The van der Waals surface area contributed by atoms with Gasteiger partial charge in [0.15, 0.2) is 0 Å². The summed E-state index contributed by atoms with van der Waals surface area (Å²) in [6.45, 7) is 5.40. The number of hydrogen-bond acceptors (Lipinski definition) is 3. The van der Waals surface area contributed by atoms with Gasteiger partial charge in [-0.1, -0.05) is 23.2 Å². The molecule has 0 saturated heterocycles. The Kier molecular flexibility index (Phi) is 5.02. The summed E-state index contributed by atoms with van der Waals surface area (Å²) in [4.78, 5) is 25.0. The van der Waals surface area contributed by atoms with Crippen LogP contribution in [0.25, 0.3) is 0 Å². The molecule has 2 amide bonds. The fourth-order valence-corrected chi connectivity index (χ4v) is 2.37. The first-order chi connectivity index (χ1) is 10.7. The van der Waals surface area contributed by atoms with E-state index in [2.05, 4.69) is 5.43 Å². The fourth-order valence-electron chi connectivity index (χ4n) is 1.87. The van der Waals surface area contributed by atoms with Crippen LogP contribution in [0.2, 0.25) is 10.0 Å². The van der Waals surface area contributed by atoms with Gasteiger partial charge in [-0.2, -0.15) is 0 Å². The van der Waals surface area contributed by atoms with Gasteiger partial charge >= 0.3 is 0 Å². The average Bonchev–Trinajstić information content (AvgIpc) is 2.96. The van der Waals surface area contributed by atoms with Crippen LogP contribution in [0.3, 0.4) is 0 Å². The van der Waals surface area contributed by atoms with Crippen molar-refractivity contribution in [3.63, 3.8) is 0 Å². The second kappa shape index (κ2) is 6.64. The lowest BCUT2D eigenvalue weighted by atomic mass is 10.1. The van der Waals surface area contributed by atoms with E-state index in [4.69, 9.17) is 27.6 Å². The van der Waals surface area contributed by atoms with E-state index >= 15 is 0 Å². The zero-order valence-corrected chi connectivity index (χ0v) is 14.4. The maximum absolute atomic E-state index is 12.6.